The summed E-state index contributed by atoms with van der Waals surface area (Å²) in [7, 11) is 0. The fourth-order valence-electron chi connectivity index (χ4n) is 1.63. The van der Waals surface area contributed by atoms with Crippen LogP contribution in [0.3, 0.4) is 0 Å². The highest BCUT2D eigenvalue weighted by atomic mass is 35.5. The van der Waals surface area contributed by atoms with Gasteiger partial charge in [0.25, 0.3) is 0 Å². The molecule has 4 heteroatoms. The van der Waals surface area contributed by atoms with Gasteiger partial charge < -0.3 is 9.67 Å². The van der Waals surface area contributed by atoms with Gasteiger partial charge in [0.15, 0.2) is 0 Å². The molecule has 0 amide bonds. The van der Waals surface area contributed by atoms with Gasteiger partial charge in [-0.25, -0.2) is 4.79 Å². The van der Waals surface area contributed by atoms with Crippen LogP contribution in [-0.4, -0.2) is 15.6 Å². The summed E-state index contributed by atoms with van der Waals surface area (Å²) in [6, 6.07) is 11.1. The first kappa shape index (κ1) is 12.5. The number of rotatable bonds is 3. The number of aromatic nitrogens is 1. The summed E-state index contributed by atoms with van der Waals surface area (Å²) in [4.78, 5) is 10.8. The molecular weight excluding hydrogens is 250 g/mol. The van der Waals surface area contributed by atoms with Crippen LogP contribution >= 0.6 is 11.6 Å². The Labute approximate surface area is 110 Å². The molecule has 0 aliphatic carbocycles. The molecule has 1 N–H and O–H groups in total. The number of benzene rings is 1. The summed E-state index contributed by atoms with van der Waals surface area (Å²) >= 11 is 5.84. The predicted molar refractivity (Wildman–Crippen MR) is 72.1 cm³/mol. The zero-order valence-corrected chi connectivity index (χ0v) is 10.6. The summed E-state index contributed by atoms with van der Waals surface area (Å²) in [6.45, 7) is 1.57. The van der Waals surface area contributed by atoms with Gasteiger partial charge in [0.2, 0.25) is 0 Å². The highest BCUT2D eigenvalue weighted by Gasteiger charge is 2.04. The Kier molecular flexibility index (Phi) is 3.53. The molecule has 3 nitrogen and oxygen atoms in total. The molecule has 0 saturated carbocycles. The SMILES string of the molecule is C/C(=C\c1cccn1-c1ccc(Cl)cc1)C(=O)O. The molecule has 0 saturated heterocycles. The van der Waals surface area contributed by atoms with Gasteiger partial charge in [0, 0.05) is 28.2 Å². The molecule has 0 atom stereocenters. The summed E-state index contributed by atoms with van der Waals surface area (Å²) in [5, 5.41) is 9.55. The second kappa shape index (κ2) is 5.10. The number of hydrogen-bond acceptors (Lipinski definition) is 1. The Bertz CT molecular complexity index is 597. The monoisotopic (exact) mass is 261 g/mol. The molecule has 1 aromatic heterocycles. The van der Waals surface area contributed by atoms with Crippen LogP contribution < -0.4 is 0 Å². The maximum atomic E-state index is 10.8. The lowest BCUT2D eigenvalue weighted by atomic mass is 10.2. The van der Waals surface area contributed by atoms with Crippen molar-refractivity contribution in [3.05, 3.63) is 58.9 Å². The number of carboxylic acids is 1. The smallest absolute Gasteiger partial charge is 0.331 e. The van der Waals surface area contributed by atoms with E-state index in [1.165, 1.54) is 0 Å². The molecule has 92 valence electrons. The van der Waals surface area contributed by atoms with Crippen LogP contribution in [0.2, 0.25) is 5.02 Å². The van der Waals surface area contributed by atoms with E-state index in [-0.39, 0.29) is 0 Å². The van der Waals surface area contributed by atoms with Gasteiger partial charge >= 0.3 is 5.97 Å². The van der Waals surface area contributed by atoms with Crippen LogP contribution in [-0.2, 0) is 4.79 Å². The van der Waals surface area contributed by atoms with Crippen LogP contribution in [0.1, 0.15) is 12.6 Å². The molecule has 0 aliphatic rings. The zero-order valence-electron chi connectivity index (χ0n) is 9.80. The number of nitrogens with zero attached hydrogens (tertiary/aromatic N) is 1. The second-order valence-corrected chi connectivity index (χ2v) is 4.35. The lowest BCUT2D eigenvalue weighted by Gasteiger charge is -2.07. The third kappa shape index (κ3) is 2.63. The van der Waals surface area contributed by atoms with Crippen molar-refractivity contribution in [1.82, 2.24) is 4.57 Å². The maximum Gasteiger partial charge on any atom is 0.331 e. The van der Waals surface area contributed by atoms with Gasteiger partial charge in [-0.2, -0.15) is 0 Å². The van der Waals surface area contributed by atoms with Crippen LogP contribution in [0.4, 0.5) is 0 Å². The van der Waals surface area contributed by atoms with Crippen molar-refractivity contribution in [1.29, 1.82) is 0 Å². The van der Waals surface area contributed by atoms with Crippen molar-refractivity contribution in [2.45, 2.75) is 6.92 Å². The Morgan fingerprint density at radius 2 is 1.94 bits per heavy atom. The molecule has 18 heavy (non-hydrogen) atoms. The van der Waals surface area contributed by atoms with Crippen molar-refractivity contribution in [2.75, 3.05) is 0 Å². The second-order valence-electron chi connectivity index (χ2n) is 3.91. The van der Waals surface area contributed by atoms with Crippen molar-refractivity contribution in [2.24, 2.45) is 0 Å². The highest BCUT2D eigenvalue weighted by molar-refractivity contribution is 6.30. The van der Waals surface area contributed by atoms with E-state index in [0.29, 0.717) is 10.6 Å². The number of aliphatic carboxylic acids is 1. The molecule has 1 heterocycles. The lowest BCUT2D eigenvalue weighted by molar-refractivity contribution is -0.132. The van der Waals surface area contributed by atoms with Crippen molar-refractivity contribution in [3.8, 4) is 5.69 Å². The van der Waals surface area contributed by atoms with Gasteiger partial charge in [-0.15, -0.1) is 0 Å². The van der Waals surface area contributed by atoms with Crippen LogP contribution in [0.5, 0.6) is 0 Å². The van der Waals surface area contributed by atoms with Gasteiger partial charge in [0.05, 0.1) is 0 Å². The van der Waals surface area contributed by atoms with E-state index in [9.17, 15) is 4.79 Å². The Hall–Kier alpha value is -2.00. The van der Waals surface area contributed by atoms with E-state index in [4.69, 9.17) is 16.7 Å². The summed E-state index contributed by atoms with van der Waals surface area (Å²) in [6.07, 6.45) is 3.52. The van der Waals surface area contributed by atoms with Crippen LogP contribution in [0, 0.1) is 0 Å². The van der Waals surface area contributed by atoms with Crippen molar-refractivity contribution >= 4 is 23.6 Å². The lowest BCUT2D eigenvalue weighted by Crippen LogP contribution is -1.99. The van der Waals surface area contributed by atoms with Gasteiger partial charge in [-0.3, -0.25) is 0 Å². The normalized spacial score (nSPS) is 11.6. The first-order chi connectivity index (χ1) is 8.58. The summed E-state index contributed by atoms with van der Waals surface area (Å²) in [5.74, 6) is -0.918. The van der Waals surface area contributed by atoms with Crippen LogP contribution in [0.25, 0.3) is 11.8 Å². The first-order valence-electron chi connectivity index (χ1n) is 5.43. The fraction of sp³-hybridized carbons (Fsp3) is 0.0714. The van der Waals surface area contributed by atoms with E-state index in [1.807, 2.05) is 35.0 Å². The van der Waals surface area contributed by atoms with Gasteiger partial charge in [0.1, 0.15) is 0 Å². The third-order valence-electron chi connectivity index (χ3n) is 2.59. The number of carboxylic acid groups (broad SMARTS) is 1. The molecule has 0 spiro atoms. The fourth-order valence-corrected chi connectivity index (χ4v) is 1.76. The van der Waals surface area contributed by atoms with Crippen molar-refractivity contribution in [3.63, 3.8) is 0 Å². The number of carbonyl (C=O) groups is 1. The molecule has 1 aromatic carbocycles. The standard InChI is InChI=1S/C14H12ClNO2/c1-10(14(17)18)9-13-3-2-8-16(13)12-6-4-11(15)5-7-12/h2-9H,1H3,(H,17,18)/b10-9+. The molecule has 2 rings (SSSR count). The topological polar surface area (TPSA) is 42.2 Å². The Morgan fingerprint density at radius 3 is 2.56 bits per heavy atom. The molecule has 0 radical (unpaired) electrons. The van der Waals surface area contributed by atoms with Gasteiger partial charge in [-0.1, -0.05) is 11.6 Å². The minimum atomic E-state index is -0.918. The van der Waals surface area contributed by atoms with Crippen LogP contribution in [0.15, 0.2) is 48.2 Å². The number of hydrogen-bond donors (Lipinski definition) is 1. The Balaban J connectivity index is 2.42. The maximum absolute atomic E-state index is 10.8. The van der Waals surface area contributed by atoms with E-state index >= 15 is 0 Å². The largest absolute Gasteiger partial charge is 0.478 e. The first-order valence-corrected chi connectivity index (χ1v) is 5.80. The highest BCUT2D eigenvalue weighted by Crippen LogP contribution is 2.18. The molecule has 0 unspecified atom stereocenters. The summed E-state index contributed by atoms with van der Waals surface area (Å²) < 4.78 is 1.91. The van der Waals surface area contributed by atoms with E-state index in [1.54, 1.807) is 25.1 Å². The third-order valence-corrected chi connectivity index (χ3v) is 2.84. The molecule has 2 aromatic rings. The quantitative estimate of drug-likeness (QED) is 0.858. The summed E-state index contributed by atoms with van der Waals surface area (Å²) in [5.41, 5.74) is 2.05. The average Bonchev–Trinajstić information content (AvgIpc) is 2.78. The van der Waals surface area contributed by atoms with E-state index < -0.39 is 5.97 Å². The minimum absolute atomic E-state index is 0.295. The average molecular weight is 262 g/mol. The van der Waals surface area contributed by atoms with Crippen molar-refractivity contribution < 1.29 is 9.90 Å². The molecule has 0 fully saturated rings. The predicted octanol–water partition coefficient (Wildman–Crippen LogP) is 3.62. The number of halogens is 1. The molecule has 0 bridgehead atoms. The molecular formula is C14H12ClNO2. The van der Waals surface area contributed by atoms with E-state index in [2.05, 4.69) is 0 Å². The van der Waals surface area contributed by atoms with E-state index in [0.717, 1.165) is 11.4 Å². The Morgan fingerprint density at radius 1 is 1.28 bits per heavy atom. The minimum Gasteiger partial charge on any atom is -0.478 e. The molecule has 0 aliphatic heterocycles. The zero-order chi connectivity index (χ0) is 13.1. The van der Waals surface area contributed by atoms with Gasteiger partial charge in [-0.05, 0) is 49.4 Å².